The third-order valence-corrected chi connectivity index (χ3v) is 5.11. The fraction of sp³-hybridized carbons (Fsp3) is 0.0769. The Bertz CT molecular complexity index is 1340. The molecular formula is C26H21N5O. The summed E-state index contributed by atoms with van der Waals surface area (Å²) >= 11 is 0. The summed E-state index contributed by atoms with van der Waals surface area (Å²) in [4.78, 5) is 4.66. The van der Waals surface area contributed by atoms with Crippen LogP contribution in [0.25, 0.3) is 23.1 Å². The molecular weight excluding hydrogens is 398 g/mol. The SMILES string of the molecule is C(=Cc1nn[nH]n1)c1cccc(Cc2ccc(OCc3ccc4ccccc4n3)cc2)c1. The molecule has 156 valence electrons. The minimum atomic E-state index is 0.443. The Morgan fingerprint density at radius 1 is 0.812 bits per heavy atom. The van der Waals surface area contributed by atoms with Crippen molar-refractivity contribution >= 4 is 23.1 Å². The largest absolute Gasteiger partial charge is 0.487 e. The van der Waals surface area contributed by atoms with Gasteiger partial charge in [-0.15, -0.1) is 10.2 Å². The molecule has 0 aliphatic heterocycles. The van der Waals surface area contributed by atoms with Gasteiger partial charge in [0, 0.05) is 5.39 Å². The predicted octanol–water partition coefficient (Wildman–Crippen LogP) is 5.09. The molecule has 2 heterocycles. The van der Waals surface area contributed by atoms with E-state index in [0.717, 1.165) is 34.3 Å². The van der Waals surface area contributed by atoms with Gasteiger partial charge in [0.25, 0.3) is 0 Å². The average molecular weight is 419 g/mol. The molecule has 6 nitrogen and oxygen atoms in total. The molecule has 5 rings (SSSR count). The maximum atomic E-state index is 5.94. The number of pyridine rings is 1. The van der Waals surface area contributed by atoms with E-state index in [1.165, 1.54) is 11.1 Å². The Morgan fingerprint density at radius 2 is 1.72 bits per heavy atom. The highest BCUT2D eigenvalue weighted by molar-refractivity contribution is 5.78. The standard InChI is InChI=1S/C26H21N5O/c1-2-7-25-22(6-1)11-12-23(27-25)18-32-24-13-8-20(9-14-24)17-21-5-3-4-19(16-21)10-15-26-28-30-31-29-26/h1-16H,17-18H2,(H,28,29,30,31). The highest BCUT2D eigenvalue weighted by Gasteiger charge is 2.02. The van der Waals surface area contributed by atoms with E-state index in [1.54, 1.807) is 0 Å². The van der Waals surface area contributed by atoms with Crippen LogP contribution in [0.5, 0.6) is 5.75 Å². The number of H-pyrrole nitrogens is 1. The molecule has 0 saturated heterocycles. The van der Waals surface area contributed by atoms with Gasteiger partial charge in [-0.1, -0.05) is 66.7 Å². The lowest BCUT2D eigenvalue weighted by atomic mass is 10.0. The van der Waals surface area contributed by atoms with E-state index in [2.05, 4.69) is 74.1 Å². The summed E-state index contributed by atoms with van der Waals surface area (Å²) < 4.78 is 5.94. The van der Waals surface area contributed by atoms with Crippen LogP contribution in [0.2, 0.25) is 0 Å². The van der Waals surface area contributed by atoms with Crippen molar-refractivity contribution in [2.45, 2.75) is 13.0 Å². The molecule has 0 fully saturated rings. The van der Waals surface area contributed by atoms with Crippen molar-refractivity contribution in [3.8, 4) is 5.75 Å². The molecule has 2 aromatic heterocycles. The van der Waals surface area contributed by atoms with E-state index in [1.807, 2.05) is 48.6 Å². The lowest BCUT2D eigenvalue weighted by molar-refractivity contribution is 0.301. The maximum Gasteiger partial charge on any atom is 0.197 e. The third kappa shape index (κ3) is 4.87. The van der Waals surface area contributed by atoms with Gasteiger partial charge >= 0.3 is 0 Å². The number of hydrogen-bond donors (Lipinski definition) is 1. The zero-order valence-corrected chi connectivity index (χ0v) is 17.3. The first kappa shape index (κ1) is 19.6. The fourth-order valence-corrected chi connectivity index (χ4v) is 3.50. The van der Waals surface area contributed by atoms with Crippen LogP contribution >= 0.6 is 0 Å². The summed E-state index contributed by atoms with van der Waals surface area (Å²) in [5.41, 5.74) is 5.45. The minimum Gasteiger partial charge on any atom is -0.487 e. The van der Waals surface area contributed by atoms with Crippen LogP contribution in [0.1, 0.15) is 28.2 Å². The van der Waals surface area contributed by atoms with Gasteiger partial charge < -0.3 is 4.74 Å². The maximum absolute atomic E-state index is 5.94. The second-order valence-electron chi connectivity index (χ2n) is 7.45. The van der Waals surface area contributed by atoms with Gasteiger partial charge in [0.1, 0.15) is 12.4 Å². The van der Waals surface area contributed by atoms with E-state index >= 15 is 0 Å². The first-order valence-corrected chi connectivity index (χ1v) is 10.4. The number of nitrogens with zero attached hydrogens (tertiary/aromatic N) is 4. The molecule has 0 bridgehead atoms. The Labute approximate surface area is 185 Å². The topological polar surface area (TPSA) is 76.6 Å². The summed E-state index contributed by atoms with van der Waals surface area (Å²) in [5, 5.41) is 15.0. The van der Waals surface area contributed by atoms with Gasteiger partial charge in [0.05, 0.1) is 11.2 Å². The van der Waals surface area contributed by atoms with E-state index < -0.39 is 0 Å². The molecule has 0 amide bonds. The van der Waals surface area contributed by atoms with E-state index in [-0.39, 0.29) is 0 Å². The molecule has 0 aliphatic rings. The van der Waals surface area contributed by atoms with Crippen molar-refractivity contribution in [1.82, 2.24) is 25.6 Å². The number of nitrogens with one attached hydrogen (secondary N) is 1. The number of fused-ring (bicyclic) bond motifs is 1. The Hall–Kier alpha value is -4.32. The van der Waals surface area contributed by atoms with Crippen LogP contribution in [-0.2, 0) is 13.0 Å². The van der Waals surface area contributed by atoms with Gasteiger partial charge in [-0.25, -0.2) is 4.98 Å². The number of tetrazole rings is 1. The Morgan fingerprint density at radius 3 is 2.59 bits per heavy atom. The number of rotatable bonds is 7. The van der Waals surface area contributed by atoms with Crippen LogP contribution in [0.15, 0.2) is 84.9 Å². The minimum absolute atomic E-state index is 0.443. The second kappa shape index (κ2) is 9.22. The van der Waals surface area contributed by atoms with Gasteiger partial charge in [-0.3, -0.25) is 0 Å². The highest BCUT2D eigenvalue weighted by Crippen LogP contribution is 2.19. The summed E-state index contributed by atoms with van der Waals surface area (Å²) in [6, 6.07) is 28.8. The molecule has 5 aromatic rings. The molecule has 0 spiro atoms. The van der Waals surface area contributed by atoms with Gasteiger partial charge in [0.15, 0.2) is 5.82 Å². The van der Waals surface area contributed by atoms with Crippen molar-refractivity contribution in [3.05, 3.63) is 113 Å². The van der Waals surface area contributed by atoms with Crippen LogP contribution in [-0.4, -0.2) is 25.6 Å². The number of aromatic amines is 1. The van der Waals surface area contributed by atoms with E-state index in [4.69, 9.17) is 4.74 Å². The van der Waals surface area contributed by atoms with Crippen LogP contribution in [0.4, 0.5) is 0 Å². The first-order valence-electron chi connectivity index (χ1n) is 10.4. The number of hydrogen-bond acceptors (Lipinski definition) is 5. The number of aromatic nitrogens is 5. The second-order valence-corrected chi connectivity index (χ2v) is 7.45. The molecule has 0 saturated carbocycles. The van der Waals surface area contributed by atoms with Gasteiger partial charge in [-0.05, 0) is 58.7 Å². The monoisotopic (exact) mass is 419 g/mol. The van der Waals surface area contributed by atoms with Crippen molar-refractivity contribution in [2.75, 3.05) is 0 Å². The third-order valence-electron chi connectivity index (χ3n) is 5.11. The van der Waals surface area contributed by atoms with Crippen molar-refractivity contribution in [1.29, 1.82) is 0 Å². The normalized spacial score (nSPS) is 11.2. The van der Waals surface area contributed by atoms with Crippen molar-refractivity contribution in [3.63, 3.8) is 0 Å². The molecule has 0 aliphatic carbocycles. The summed E-state index contributed by atoms with van der Waals surface area (Å²) in [6.07, 6.45) is 4.65. The van der Waals surface area contributed by atoms with Crippen LogP contribution in [0.3, 0.4) is 0 Å². The van der Waals surface area contributed by atoms with Crippen molar-refractivity contribution in [2.24, 2.45) is 0 Å². The lowest BCUT2D eigenvalue weighted by Crippen LogP contribution is -1.98. The van der Waals surface area contributed by atoms with Crippen LogP contribution in [0, 0.1) is 0 Å². The summed E-state index contributed by atoms with van der Waals surface area (Å²) in [7, 11) is 0. The molecule has 3 aromatic carbocycles. The first-order chi connectivity index (χ1) is 15.8. The molecule has 32 heavy (non-hydrogen) atoms. The Balaban J connectivity index is 1.20. The average Bonchev–Trinajstić information content (AvgIpc) is 3.36. The number of benzene rings is 3. The number of ether oxygens (including phenoxy) is 1. The van der Waals surface area contributed by atoms with Crippen LogP contribution < -0.4 is 4.74 Å². The molecule has 0 unspecified atom stereocenters. The lowest BCUT2D eigenvalue weighted by Gasteiger charge is -2.08. The van der Waals surface area contributed by atoms with Gasteiger partial charge in [-0.2, -0.15) is 5.21 Å². The van der Waals surface area contributed by atoms with Crippen molar-refractivity contribution < 1.29 is 4.74 Å². The zero-order chi connectivity index (χ0) is 21.6. The molecule has 0 radical (unpaired) electrons. The molecule has 1 N–H and O–H groups in total. The quantitative estimate of drug-likeness (QED) is 0.398. The molecule has 0 atom stereocenters. The number of para-hydroxylation sites is 1. The highest BCUT2D eigenvalue weighted by atomic mass is 16.5. The summed E-state index contributed by atoms with van der Waals surface area (Å²) in [6.45, 7) is 0.443. The van der Waals surface area contributed by atoms with E-state index in [9.17, 15) is 0 Å². The summed E-state index contributed by atoms with van der Waals surface area (Å²) in [5.74, 6) is 1.39. The smallest absolute Gasteiger partial charge is 0.197 e. The van der Waals surface area contributed by atoms with E-state index in [0.29, 0.717) is 12.4 Å². The van der Waals surface area contributed by atoms with Gasteiger partial charge in [0.2, 0.25) is 0 Å². The molecule has 6 heteroatoms. The fourth-order valence-electron chi connectivity index (χ4n) is 3.50. The predicted molar refractivity (Wildman–Crippen MR) is 125 cm³/mol. The Kier molecular flexibility index (Phi) is 5.66. The zero-order valence-electron chi connectivity index (χ0n) is 17.3.